The largest absolute Gasteiger partial charge is 0.508 e. The number of aryl methyl sites for hydroxylation is 2. The predicted molar refractivity (Wildman–Crippen MR) is 124 cm³/mol. The summed E-state index contributed by atoms with van der Waals surface area (Å²) in [6.07, 6.45) is 16.6. The number of amides is 1. The first-order chi connectivity index (χ1) is 15.0. The van der Waals surface area contributed by atoms with Gasteiger partial charge in [0.15, 0.2) is 0 Å². The van der Waals surface area contributed by atoms with Gasteiger partial charge in [-0.05, 0) is 62.6 Å². The van der Waals surface area contributed by atoms with Crippen LogP contribution in [0.2, 0.25) is 0 Å². The maximum absolute atomic E-state index is 12.2. The van der Waals surface area contributed by atoms with Gasteiger partial charge in [-0.25, -0.2) is 0 Å². The molecule has 2 rings (SSSR count). The van der Waals surface area contributed by atoms with Crippen molar-refractivity contribution in [2.45, 2.75) is 96.4 Å². The number of aromatic hydroxyl groups is 1. The molecule has 1 fully saturated rings. The first-order valence-corrected chi connectivity index (χ1v) is 11.9. The van der Waals surface area contributed by atoms with Gasteiger partial charge in [-0.1, -0.05) is 56.4 Å². The van der Waals surface area contributed by atoms with E-state index in [9.17, 15) is 14.7 Å². The molecule has 1 amide bonds. The Balaban J connectivity index is 1.53. The highest BCUT2D eigenvalue weighted by atomic mass is 16.4. The second-order valence-electron chi connectivity index (χ2n) is 8.78. The third-order valence-corrected chi connectivity index (χ3v) is 6.21. The first-order valence-electron chi connectivity index (χ1n) is 11.9. The SMILES string of the molecule is Cc1ccc(CCCCCCCCC2CCC(=O)N2CC=CCCCC(=O)O)cc1O. The normalized spacial score (nSPS) is 16.5. The van der Waals surface area contributed by atoms with Crippen molar-refractivity contribution in [2.24, 2.45) is 0 Å². The maximum Gasteiger partial charge on any atom is 0.303 e. The van der Waals surface area contributed by atoms with E-state index in [1.807, 2.05) is 36.1 Å². The third-order valence-electron chi connectivity index (χ3n) is 6.21. The highest BCUT2D eigenvalue weighted by molar-refractivity contribution is 5.78. The van der Waals surface area contributed by atoms with E-state index in [-0.39, 0.29) is 12.3 Å². The van der Waals surface area contributed by atoms with E-state index in [1.54, 1.807) is 0 Å². The number of carbonyl (C=O) groups excluding carboxylic acids is 1. The van der Waals surface area contributed by atoms with Crippen LogP contribution in [0.25, 0.3) is 0 Å². The average molecular weight is 430 g/mol. The van der Waals surface area contributed by atoms with Gasteiger partial charge in [0.05, 0.1) is 0 Å². The number of allylic oxidation sites excluding steroid dienone is 1. The van der Waals surface area contributed by atoms with Crippen molar-refractivity contribution in [1.29, 1.82) is 0 Å². The number of benzene rings is 1. The van der Waals surface area contributed by atoms with E-state index >= 15 is 0 Å². The van der Waals surface area contributed by atoms with Crippen LogP contribution in [0.1, 0.15) is 88.2 Å². The van der Waals surface area contributed by atoms with E-state index in [1.165, 1.54) is 37.7 Å². The molecule has 0 bridgehead atoms. The van der Waals surface area contributed by atoms with Gasteiger partial charge in [-0.3, -0.25) is 9.59 Å². The van der Waals surface area contributed by atoms with Gasteiger partial charge < -0.3 is 15.1 Å². The Morgan fingerprint density at radius 3 is 2.58 bits per heavy atom. The molecule has 172 valence electrons. The molecule has 2 N–H and O–H groups in total. The number of unbranched alkanes of at least 4 members (excludes halogenated alkanes) is 6. The molecular formula is C26H39NO4. The van der Waals surface area contributed by atoms with Crippen LogP contribution in [0.4, 0.5) is 0 Å². The van der Waals surface area contributed by atoms with E-state index < -0.39 is 5.97 Å². The van der Waals surface area contributed by atoms with Crippen molar-refractivity contribution in [3.05, 3.63) is 41.5 Å². The highest BCUT2D eigenvalue weighted by Gasteiger charge is 2.29. The maximum atomic E-state index is 12.2. The Morgan fingerprint density at radius 1 is 1.10 bits per heavy atom. The van der Waals surface area contributed by atoms with Crippen LogP contribution < -0.4 is 0 Å². The van der Waals surface area contributed by atoms with Gasteiger partial charge in [0.1, 0.15) is 5.75 Å². The summed E-state index contributed by atoms with van der Waals surface area (Å²) in [5, 5.41) is 18.4. The number of phenolic OH excluding ortho intramolecular Hbond substituents is 1. The second kappa shape index (κ2) is 13.9. The topological polar surface area (TPSA) is 77.8 Å². The van der Waals surface area contributed by atoms with E-state index in [2.05, 4.69) is 6.07 Å². The molecule has 1 saturated heterocycles. The van der Waals surface area contributed by atoms with Gasteiger partial charge in [0.2, 0.25) is 5.91 Å². The zero-order valence-electron chi connectivity index (χ0n) is 19.0. The molecule has 0 aliphatic carbocycles. The number of carboxylic acids is 1. The van der Waals surface area contributed by atoms with Crippen LogP contribution in [0, 0.1) is 6.92 Å². The molecule has 0 radical (unpaired) electrons. The summed E-state index contributed by atoms with van der Waals surface area (Å²) in [5.74, 6) is -0.109. The Labute approximate surface area is 187 Å². The Hall–Kier alpha value is -2.30. The van der Waals surface area contributed by atoms with Crippen molar-refractivity contribution >= 4 is 11.9 Å². The number of rotatable bonds is 15. The molecule has 1 unspecified atom stereocenters. The van der Waals surface area contributed by atoms with Crippen LogP contribution in [0.15, 0.2) is 30.4 Å². The molecule has 1 aliphatic heterocycles. The Bertz CT molecular complexity index is 728. The number of phenols is 1. The number of carboxylic acid groups (broad SMARTS) is 1. The van der Waals surface area contributed by atoms with Gasteiger partial charge >= 0.3 is 5.97 Å². The van der Waals surface area contributed by atoms with Crippen LogP contribution in [0.3, 0.4) is 0 Å². The predicted octanol–water partition coefficient (Wildman–Crippen LogP) is 5.78. The number of aliphatic carboxylic acids is 1. The van der Waals surface area contributed by atoms with Crippen LogP contribution in [0.5, 0.6) is 5.75 Å². The molecular weight excluding hydrogens is 390 g/mol. The van der Waals surface area contributed by atoms with Crippen molar-refractivity contribution in [3.63, 3.8) is 0 Å². The summed E-state index contributed by atoms with van der Waals surface area (Å²) in [4.78, 5) is 24.7. The van der Waals surface area contributed by atoms with E-state index in [0.717, 1.165) is 37.7 Å². The zero-order chi connectivity index (χ0) is 22.5. The average Bonchev–Trinajstić information content (AvgIpc) is 3.08. The smallest absolute Gasteiger partial charge is 0.303 e. The summed E-state index contributed by atoms with van der Waals surface area (Å²) >= 11 is 0. The van der Waals surface area contributed by atoms with E-state index in [0.29, 0.717) is 31.2 Å². The van der Waals surface area contributed by atoms with Crippen molar-refractivity contribution in [2.75, 3.05) is 6.54 Å². The second-order valence-corrected chi connectivity index (χ2v) is 8.78. The van der Waals surface area contributed by atoms with Crippen molar-refractivity contribution in [1.82, 2.24) is 4.90 Å². The molecule has 5 nitrogen and oxygen atoms in total. The Morgan fingerprint density at radius 2 is 1.84 bits per heavy atom. The number of hydrogen-bond donors (Lipinski definition) is 2. The van der Waals surface area contributed by atoms with Crippen molar-refractivity contribution in [3.8, 4) is 5.75 Å². The first kappa shape index (κ1) is 25.0. The van der Waals surface area contributed by atoms with Gasteiger partial charge in [-0.15, -0.1) is 0 Å². The summed E-state index contributed by atoms with van der Waals surface area (Å²) in [6, 6.07) is 6.34. The highest BCUT2D eigenvalue weighted by Crippen LogP contribution is 2.24. The molecule has 0 spiro atoms. The monoisotopic (exact) mass is 429 g/mol. The van der Waals surface area contributed by atoms with Crippen LogP contribution >= 0.6 is 0 Å². The minimum Gasteiger partial charge on any atom is -0.508 e. The van der Waals surface area contributed by atoms with Gasteiger partial charge in [0.25, 0.3) is 0 Å². The van der Waals surface area contributed by atoms with Gasteiger partial charge in [-0.2, -0.15) is 0 Å². The fraction of sp³-hybridized carbons (Fsp3) is 0.615. The lowest BCUT2D eigenvalue weighted by Crippen LogP contribution is -2.33. The molecule has 1 aromatic rings. The molecule has 1 aromatic carbocycles. The zero-order valence-corrected chi connectivity index (χ0v) is 19.0. The molecule has 1 heterocycles. The quantitative estimate of drug-likeness (QED) is 0.274. The molecule has 1 atom stereocenters. The molecule has 1 aliphatic rings. The summed E-state index contributed by atoms with van der Waals surface area (Å²) in [7, 11) is 0. The molecule has 0 aromatic heterocycles. The minimum atomic E-state index is -0.755. The third kappa shape index (κ3) is 9.58. The summed E-state index contributed by atoms with van der Waals surface area (Å²) < 4.78 is 0. The van der Waals surface area contributed by atoms with E-state index in [4.69, 9.17) is 5.11 Å². The van der Waals surface area contributed by atoms with Crippen LogP contribution in [-0.2, 0) is 16.0 Å². The van der Waals surface area contributed by atoms with Crippen LogP contribution in [-0.4, -0.2) is 39.6 Å². The Kier molecular flexibility index (Phi) is 11.2. The minimum absolute atomic E-state index is 0.200. The van der Waals surface area contributed by atoms with Crippen molar-refractivity contribution < 1.29 is 19.8 Å². The number of hydrogen-bond acceptors (Lipinski definition) is 3. The molecule has 31 heavy (non-hydrogen) atoms. The summed E-state index contributed by atoms with van der Waals surface area (Å²) in [5.41, 5.74) is 2.14. The number of likely N-dealkylation sites (tertiary alicyclic amines) is 1. The number of carbonyl (C=O) groups is 2. The molecule has 0 saturated carbocycles. The van der Waals surface area contributed by atoms with Gasteiger partial charge in [0, 0.05) is 25.4 Å². The fourth-order valence-corrected chi connectivity index (χ4v) is 4.25. The lowest BCUT2D eigenvalue weighted by Gasteiger charge is -2.23. The standard InChI is InChI=1S/C26H39NO4/c1-21-15-16-22(20-24(21)28)12-8-4-2-3-5-9-13-23-17-18-25(29)27(23)19-11-7-6-10-14-26(30)31/h7,11,15-16,20,23,28H,2-6,8-10,12-14,17-19H2,1H3,(H,30,31). The summed E-state index contributed by atoms with van der Waals surface area (Å²) in [6.45, 7) is 2.58. The lowest BCUT2D eigenvalue weighted by atomic mass is 10.0. The number of nitrogens with zero attached hydrogens (tertiary/aromatic N) is 1. The lowest BCUT2D eigenvalue weighted by molar-refractivity contribution is -0.137. The molecule has 5 heteroatoms. The fourth-order valence-electron chi connectivity index (χ4n) is 4.25.